The summed E-state index contributed by atoms with van der Waals surface area (Å²) in [6.07, 6.45) is 0.646. The highest BCUT2D eigenvalue weighted by Crippen LogP contribution is 2.37. The molecular formula is C19H23ClFNO2. The molecule has 0 aromatic heterocycles. The average Bonchev–Trinajstić information content (AvgIpc) is 2.55. The summed E-state index contributed by atoms with van der Waals surface area (Å²) >= 11 is 6.30. The summed E-state index contributed by atoms with van der Waals surface area (Å²) in [6, 6.07) is 10.6. The van der Waals surface area contributed by atoms with Crippen LogP contribution < -0.4 is 14.8 Å². The molecule has 0 unspecified atom stereocenters. The highest BCUT2D eigenvalue weighted by molar-refractivity contribution is 6.32. The van der Waals surface area contributed by atoms with Crippen LogP contribution in [0.2, 0.25) is 5.02 Å². The fourth-order valence-corrected chi connectivity index (χ4v) is 2.66. The molecule has 0 heterocycles. The molecular weight excluding hydrogens is 329 g/mol. The second-order valence-corrected chi connectivity index (χ2v) is 6.20. The highest BCUT2D eigenvalue weighted by atomic mass is 35.5. The Morgan fingerprint density at radius 3 is 2.62 bits per heavy atom. The topological polar surface area (TPSA) is 30.5 Å². The van der Waals surface area contributed by atoms with Crippen molar-refractivity contribution >= 4 is 11.6 Å². The van der Waals surface area contributed by atoms with Gasteiger partial charge in [0, 0.05) is 6.54 Å². The molecule has 2 aromatic rings. The van der Waals surface area contributed by atoms with E-state index in [2.05, 4.69) is 5.32 Å². The molecule has 1 N–H and O–H groups in total. The van der Waals surface area contributed by atoms with Gasteiger partial charge in [0.1, 0.15) is 5.82 Å². The minimum absolute atomic E-state index is 0.0149. The van der Waals surface area contributed by atoms with Crippen molar-refractivity contribution in [1.82, 2.24) is 5.32 Å². The van der Waals surface area contributed by atoms with Crippen molar-refractivity contribution in [3.63, 3.8) is 0 Å². The maximum absolute atomic E-state index is 13.6. The van der Waals surface area contributed by atoms with Crippen LogP contribution in [0.5, 0.6) is 11.5 Å². The van der Waals surface area contributed by atoms with Gasteiger partial charge in [0.15, 0.2) is 11.5 Å². The second kappa shape index (κ2) is 8.90. The Hall–Kier alpha value is -1.78. The third-order valence-corrected chi connectivity index (χ3v) is 3.78. The summed E-state index contributed by atoms with van der Waals surface area (Å²) in [4.78, 5) is 0. The largest absolute Gasteiger partial charge is 0.493 e. The normalized spacial score (nSPS) is 10.9. The summed E-state index contributed by atoms with van der Waals surface area (Å²) in [5.41, 5.74) is 1.70. The molecule has 130 valence electrons. The van der Waals surface area contributed by atoms with Crippen LogP contribution in [0.15, 0.2) is 36.4 Å². The molecule has 0 radical (unpaired) electrons. The lowest BCUT2D eigenvalue weighted by atomic mass is 10.1. The predicted molar refractivity (Wildman–Crippen MR) is 95.6 cm³/mol. The molecule has 0 aliphatic carbocycles. The first-order valence-corrected chi connectivity index (χ1v) is 8.36. The summed E-state index contributed by atoms with van der Waals surface area (Å²) in [5.74, 6) is 1.01. The number of methoxy groups -OCH3 is 1. The number of hydrogen-bond donors (Lipinski definition) is 1. The van der Waals surface area contributed by atoms with Gasteiger partial charge in [-0.05, 0) is 56.1 Å². The molecule has 0 spiro atoms. The monoisotopic (exact) mass is 351 g/mol. The van der Waals surface area contributed by atoms with Crippen molar-refractivity contribution in [2.24, 2.45) is 0 Å². The SMILES string of the molecule is COc1cc(CNCCc2ccccc2F)cc(Cl)c1OC(C)C. The molecule has 5 heteroatoms. The van der Waals surface area contributed by atoms with Gasteiger partial charge < -0.3 is 14.8 Å². The molecule has 0 saturated carbocycles. The van der Waals surface area contributed by atoms with Crippen LogP contribution in [0.1, 0.15) is 25.0 Å². The van der Waals surface area contributed by atoms with Crippen molar-refractivity contribution in [3.8, 4) is 11.5 Å². The molecule has 0 bridgehead atoms. The molecule has 0 fully saturated rings. The average molecular weight is 352 g/mol. The Kier molecular flexibility index (Phi) is 6.88. The Morgan fingerprint density at radius 2 is 1.96 bits per heavy atom. The minimum Gasteiger partial charge on any atom is -0.493 e. The Morgan fingerprint density at radius 1 is 1.21 bits per heavy atom. The van der Waals surface area contributed by atoms with Gasteiger partial charge in [-0.1, -0.05) is 29.8 Å². The zero-order valence-corrected chi connectivity index (χ0v) is 15.0. The maximum atomic E-state index is 13.6. The summed E-state index contributed by atoms with van der Waals surface area (Å²) < 4.78 is 24.6. The van der Waals surface area contributed by atoms with Crippen LogP contribution in [-0.4, -0.2) is 19.8 Å². The molecule has 0 saturated heterocycles. The smallest absolute Gasteiger partial charge is 0.180 e. The second-order valence-electron chi connectivity index (χ2n) is 5.79. The van der Waals surface area contributed by atoms with Crippen molar-refractivity contribution in [2.45, 2.75) is 32.9 Å². The lowest BCUT2D eigenvalue weighted by molar-refractivity contribution is 0.230. The first-order chi connectivity index (χ1) is 11.5. The molecule has 0 aliphatic heterocycles. The van der Waals surface area contributed by atoms with E-state index in [0.717, 1.165) is 5.56 Å². The number of halogens is 2. The Labute approximate surface area is 147 Å². The lowest BCUT2D eigenvalue weighted by Crippen LogP contribution is -2.17. The van der Waals surface area contributed by atoms with E-state index in [4.69, 9.17) is 21.1 Å². The number of nitrogens with one attached hydrogen (secondary N) is 1. The van der Waals surface area contributed by atoms with Crippen LogP contribution >= 0.6 is 11.6 Å². The molecule has 0 amide bonds. The summed E-state index contributed by atoms with van der Waals surface area (Å²) in [5, 5.41) is 3.82. The van der Waals surface area contributed by atoms with Crippen molar-refractivity contribution in [2.75, 3.05) is 13.7 Å². The van der Waals surface area contributed by atoms with Crippen molar-refractivity contribution in [1.29, 1.82) is 0 Å². The van der Waals surface area contributed by atoms with Crippen LogP contribution in [0, 0.1) is 5.82 Å². The van der Waals surface area contributed by atoms with E-state index in [1.165, 1.54) is 6.07 Å². The molecule has 0 atom stereocenters. The van der Waals surface area contributed by atoms with E-state index < -0.39 is 0 Å². The molecule has 2 rings (SSSR count). The van der Waals surface area contributed by atoms with Crippen LogP contribution in [0.3, 0.4) is 0 Å². The zero-order chi connectivity index (χ0) is 17.5. The van der Waals surface area contributed by atoms with E-state index >= 15 is 0 Å². The Bertz CT molecular complexity index is 676. The number of ether oxygens (including phenoxy) is 2. The fourth-order valence-electron chi connectivity index (χ4n) is 2.38. The predicted octanol–water partition coefficient (Wildman–Crippen LogP) is 4.61. The van der Waals surface area contributed by atoms with Gasteiger partial charge in [-0.3, -0.25) is 0 Å². The summed E-state index contributed by atoms with van der Waals surface area (Å²) in [7, 11) is 1.59. The molecule has 0 aliphatic rings. The van der Waals surface area contributed by atoms with Crippen molar-refractivity contribution < 1.29 is 13.9 Å². The number of benzene rings is 2. The zero-order valence-electron chi connectivity index (χ0n) is 14.2. The van der Waals surface area contributed by atoms with Gasteiger partial charge in [-0.25, -0.2) is 4.39 Å². The van der Waals surface area contributed by atoms with Gasteiger partial charge in [-0.15, -0.1) is 0 Å². The van der Waals surface area contributed by atoms with Gasteiger partial charge in [0.25, 0.3) is 0 Å². The van der Waals surface area contributed by atoms with Gasteiger partial charge in [-0.2, -0.15) is 0 Å². The fraction of sp³-hybridized carbons (Fsp3) is 0.368. The van der Waals surface area contributed by atoms with Gasteiger partial charge >= 0.3 is 0 Å². The standard InChI is InChI=1S/C19H23ClFNO2/c1-13(2)24-19-16(20)10-14(11-18(19)23-3)12-22-9-8-15-6-4-5-7-17(15)21/h4-7,10-11,13,22H,8-9,12H2,1-3H3. The van der Waals surface area contributed by atoms with E-state index in [0.29, 0.717) is 41.6 Å². The lowest BCUT2D eigenvalue weighted by Gasteiger charge is -2.16. The van der Waals surface area contributed by atoms with E-state index in [-0.39, 0.29) is 11.9 Å². The van der Waals surface area contributed by atoms with Gasteiger partial charge in [0.2, 0.25) is 0 Å². The van der Waals surface area contributed by atoms with Crippen LogP contribution in [0.4, 0.5) is 4.39 Å². The van der Waals surface area contributed by atoms with E-state index in [9.17, 15) is 4.39 Å². The molecule has 2 aromatic carbocycles. The van der Waals surface area contributed by atoms with Crippen LogP contribution in [0.25, 0.3) is 0 Å². The van der Waals surface area contributed by atoms with E-state index in [1.807, 2.05) is 32.0 Å². The van der Waals surface area contributed by atoms with E-state index in [1.54, 1.807) is 19.2 Å². The Balaban J connectivity index is 1.95. The number of rotatable bonds is 8. The maximum Gasteiger partial charge on any atom is 0.180 e. The van der Waals surface area contributed by atoms with Crippen molar-refractivity contribution in [3.05, 3.63) is 58.4 Å². The molecule has 24 heavy (non-hydrogen) atoms. The quantitative estimate of drug-likeness (QED) is 0.705. The first kappa shape index (κ1) is 18.6. The molecule has 3 nitrogen and oxygen atoms in total. The van der Waals surface area contributed by atoms with Gasteiger partial charge in [0.05, 0.1) is 18.2 Å². The summed E-state index contributed by atoms with van der Waals surface area (Å²) in [6.45, 7) is 5.17. The van der Waals surface area contributed by atoms with Crippen LogP contribution in [-0.2, 0) is 13.0 Å². The first-order valence-electron chi connectivity index (χ1n) is 7.98. The number of hydrogen-bond acceptors (Lipinski definition) is 3. The third kappa shape index (κ3) is 5.11. The highest BCUT2D eigenvalue weighted by Gasteiger charge is 2.13. The third-order valence-electron chi connectivity index (χ3n) is 3.50. The minimum atomic E-state index is -0.167.